The van der Waals surface area contributed by atoms with Gasteiger partial charge in [0.2, 0.25) is 0 Å². The molecule has 0 spiro atoms. The molecule has 0 bridgehead atoms. The lowest BCUT2D eigenvalue weighted by Gasteiger charge is -2.39. The fourth-order valence-electron chi connectivity index (χ4n) is 3.19. The highest BCUT2D eigenvalue weighted by molar-refractivity contribution is 5.36. The van der Waals surface area contributed by atoms with Crippen molar-refractivity contribution in [1.82, 2.24) is 15.1 Å². The second-order valence-electron chi connectivity index (χ2n) is 6.20. The summed E-state index contributed by atoms with van der Waals surface area (Å²) >= 11 is 0. The quantitative estimate of drug-likeness (QED) is 0.897. The van der Waals surface area contributed by atoms with Gasteiger partial charge in [-0.2, -0.15) is 0 Å². The summed E-state index contributed by atoms with van der Waals surface area (Å²) in [6, 6.07) is 7.36. The van der Waals surface area contributed by atoms with Crippen molar-refractivity contribution in [2.45, 2.75) is 25.4 Å². The summed E-state index contributed by atoms with van der Waals surface area (Å²) in [5.41, 5.74) is 2.67. The van der Waals surface area contributed by atoms with Gasteiger partial charge in [0.1, 0.15) is 5.75 Å². The molecule has 1 aliphatic heterocycles. The van der Waals surface area contributed by atoms with Crippen LogP contribution in [0.2, 0.25) is 0 Å². The highest BCUT2D eigenvalue weighted by Crippen LogP contribution is 2.27. The molecule has 118 valence electrons. The molecule has 2 atom stereocenters. The second kappa shape index (κ2) is 7.25. The lowest BCUT2D eigenvalue weighted by molar-refractivity contribution is 0.102. The smallest absolute Gasteiger partial charge is 0.119 e. The SMILES string of the molecule is CNC(CC1CN(C)CCN1C)c1ccc(OC)cc1C. The van der Waals surface area contributed by atoms with Gasteiger partial charge in [-0.3, -0.25) is 0 Å². The molecular weight excluding hydrogens is 262 g/mol. The lowest BCUT2D eigenvalue weighted by atomic mass is 9.94. The van der Waals surface area contributed by atoms with Gasteiger partial charge in [0.05, 0.1) is 7.11 Å². The van der Waals surface area contributed by atoms with Crippen LogP contribution in [0.4, 0.5) is 0 Å². The Balaban J connectivity index is 2.12. The largest absolute Gasteiger partial charge is 0.497 e. The molecule has 2 unspecified atom stereocenters. The highest BCUT2D eigenvalue weighted by atomic mass is 16.5. The number of nitrogens with zero attached hydrogens (tertiary/aromatic N) is 2. The van der Waals surface area contributed by atoms with Crippen LogP contribution in [0.15, 0.2) is 18.2 Å². The van der Waals surface area contributed by atoms with Gasteiger partial charge in [0.15, 0.2) is 0 Å². The van der Waals surface area contributed by atoms with Crippen LogP contribution in [-0.4, -0.2) is 63.7 Å². The van der Waals surface area contributed by atoms with Crippen LogP contribution in [0.25, 0.3) is 0 Å². The van der Waals surface area contributed by atoms with Crippen molar-refractivity contribution in [2.75, 3.05) is 47.9 Å². The summed E-state index contributed by atoms with van der Waals surface area (Å²) in [5, 5.41) is 3.49. The number of methoxy groups -OCH3 is 1. The first-order chi connectivity index (χ1) is 10.0. The second-order valence-corrected chi connectivity index (χ2v) is 6.20. The minimum atomic E-state index is 0.384. The standard InChI is InChI=1S/C17H29N3O/c1-13-10-15(21-5)6-7-16(13)17(18-2)11-14-12-19(3)8-9-20(14)4/h6-7,10,14,17-18H,8-9,11-12H2,1-5H3. The summed E-state index contributed by atoms with van der Waals surface area (Å²) in [7, 11) is 8.23. The summed E-state index contributed by atoms with van der Waals surface area (Å²) in [6.45, 7) is 5.63. The molecule has 0 aromatic heterocycles. The van der Waals surface area contributed by atoms with Crippen molar-refractivity contribution in [3.8, 4) is 5.75 Å². The third kappa shape index (κ3) is 3.96. The van der Waals surface area contributed by atoms with Gasteiger partial charge in [-0.05, 0) is 57.7 Å². The molecule has 0 aliphatic carbocycles. The normalized spacial score (nSPS) is 22.2. The molecule has 1 fully saturated rings. The summed E-state index contributed by atoms with van der Waals surface area (Å²) in [6.07, 6.45) is 1.13. The fraction of sp³-hybridized carbons (Fsp3) is 0.647. The molecule has 2 rings (SSSR count). The molecule has 0 saturated carbocycles. The van der Waals surface area contributed by atoms with Crippen molar-refractivity contribution in [3.05, 3.63) is 29.3 Å². The predicted octanol–water partition coefficient (Wildman–Crippen LogP) is 1.90. The third-order valence-electron chi connectivity index (χ3n) is 4.69. The first-order valence-electron chi connectivity index (χ1n) is 7.75. The number of rotatable bonds is 5. The van der Waals surface area contributed by atoms with Crippen molar-refractivity contribution in [2.24, 2.45) is 0 Å². The van der Waals surface area contributed by atoms with Crippen LogP contribution in [-0.2, 0) is 0 Å². The van der Waals surface area contributed by atoms with Crippen LogP contribution in [0.1, 0.15) is 23.6 Å². The summed E-state index contributed by atoms with van der Waals surface area (Å²) in [4.78, 5) is 4.92. The average molecular weight is 291 g/mol. The zero-order valence-electron chi connectivity index (χ0n) is 14.0. The highest BCUT2D eigenvalue weighted by Gasteiger charge is 2.26. The average Bonchev–Trinajstić information content (AvgIpc) is 2.48. The number of nitrogens with one attached hydrogen (secondary N) is 1. The van der Waals surface area contributed by atoms with E-state index in [0.29, 0.717) is 12.1 Å². The Morgan fingerprint density at radius 1 is 1.33 bits per heavy atom. The molecule has 1 aromatic carbocycles. The zero-order valence-corrected chi connectivity index (χ0v) is 14.0. The van der Waals surface area contributed by atoms with Crippen molar-refractivity contribution < 1.29 is 4.74 Å². The Bertz CT molecular complexity index is 463. The van der Waals surface area contributed by atoms with Gasteiger partial charge >= 0.3 is 0 Å². The monoisotopic (exact) mass is 291 g/mol. The minimum absolute atomic E-state index is 0.384. The molecule has 1 saturated heterocycles. The molecule has 1 N–H and O–H groups in total. The van der Waals surface area contributed by atoms with E-state index in [4.69, 9.17) is 4.74 Å². The third-order valence-corrected chi connectivity index (χ3v) is 4.69. The predicted molar refractivity (Wildman–Crippen MR) is 88.1 cm³/mol. The van der Waals surface area contributed by atoms with Crippen molar-refractivity contribution >= 4 is 0 Å². The first kappa shape index (κ1) is 16.3. The zero-order chi connectivity index (χ0) is 15.4. The maximum Gasteiger partial charge on any atom is 0.119 e. The Morgan fingerprint density at radius 2 is 2.10 bits per heavy atom. The van der Waals surface area contributed by atoms with Crippen LogP contribution >= 0.6 is 0 Å². The van der Waals surface area contributed by atoms with Gasteiger partial charge in [-0.1, -0.05) is 6.07 Å². The van der Waals surface area contributed by atoms with Gasteiger partial charge < -0.3 is 19.9 Å². The van der Waals surface area contributed by atoms with E-state index in [-0.39, 0.29) is 0 Å². The maximum absolute atomic E-state index is 5.31. The Labute approximate surface area is 129 Å². The van der Waals surface area contributed by atoms with E-state index in [1.54, 1.807) is 7.11 Å². The lowest BCUT2D eigenvalue weighted by Crippen LogP contribution is -2.50. The van der Waals surface area contributed by atoms with Gasteiger partial charge in [0, 0.05) is 31.7 Å². The molecule has 4 heteroatoms. The molecule has 4 nitrogen and oxygen atoms in total. The number of benzene rings is 1. The number of hydrogen-bond donors (Lipinski definition) is 1. The molecule has 1 aromatic rings. The fourth-order valence-corrected chi connectivity index (χ4v) is 3.19. The molecule has 0 radical (unpaired) electrons. The topological polar surface area (TPSA) is 27.7 Å². The number of aryl methyl sites for hydroxylation is 1. The van der Waals surface area contributed by atoms with E-state index in [2.05, 4.69) is 61.4 Å². The van der Waals surface area contributed by atoms with Crippen LogP contribution < -0.4 is 10.1 Å². The van der Waals surface area contributed by atoms with Crippen molar-refractivity contribution in [1.29, 1.82) is 0 Å². The van der Waals surface area contributed by atoms with E-state index in [0.717, 1.165) is 25.3 Å². The Hall–Kier alpha value is -1.10. The number of hydrogen-bond acceptors (Lipinski definition) is 4. The Kier molecular flexibility index (Phi) is 5.62. The first-order valence-corrected chi connectivity index (χ1v) is 7.75. The van der Waals surface area contributed by atoms with Crippen molar-refractivity contribution in [3.63, 3.8) is 0 Å². The number of piperazine rings is 1. The molecule has 1 heterocycles. The Morgan fingerprint density at radius 3 is 2.71 bits per heavy atom. The number of likely N-dealkylation sites (N-methyl/N-ethyl adjacent to an activating group) is 2. The molecule has 0 amide bonds. The van der Waals surface area contributed by atoms with Crippen LogP contribution in [0.5, 0.6) is 5.75 Å². The van der Waals surface area contributed by atoms with E-state index in [1.807, 2.05) is 0 Å². The van der Waals surface area contributed by atoms with Crippen LogP contribution in [0, 0.1) is 6.92 Å². The van der Waals surface area contributed by atoms with Gasteiger partial charge in [0.25, 0.3) is 0 Å². The molecule has 21 heavy (non-hydrogen) atoms. The van der Waals surface area contributed by atoms with E-state index in [1.165, 1.54) is 17.7 Å². The molecular formula is C17H29N3O. The van der Waals surface area contributed by atoms with E-state index in [9.17, 15) is 0 Å². The summed E-state index contributed by atoms with van der Waals surface area (Å²) in [5.74, 6) is 0.931. The minimum Gasteiger partial charge on any atom is -0.497 e. The maximum atomic E-state index is 5.31. The van der Waals surface area contributed by atoms with E-state index < -0.39 is 0 Å². The summed E-state index contributed by atoms with van der Waals surface area (Å²) < 4.78 is 5.31. The van der Waals surface area contributed by atoms with Gasteiger partial charge in [-0.15, -0.1) is 0 Å². The van der Waals surface area contributed by atoms with E-state index >= 15 is 0 Å². The number of ether oxygens (including phenoxy) is 1. The van der Waals surface area contributed by atoms with Crippen LogP contribution in [0.3, 0.4) is 0 Å². The molecule has 1 aliphatic rings. The van der Waals surface area contributed by atoms with Gasteiger partial charge in [-0.25, -0.2) is 0 Å².